The number of benzene rings is 1. The van der Waals surface area contributed by atoms with Crippen molar-refractivity contribution in [1.82, 2.24) is 14.7 Å². The van der Waals surface area contributed by atoms with Gasteiger partial charge in [0.15, 0.2) is 0 Å². The monoisotopic (exact) mass is 381 g/mol. The number of aliphatic hydroxyl groups is 1. The second-order valence-corrected chi connectivity index (χ2v) is 8.34. The second-order valence-electron chi connectivity index (χ2n) is 8.34. The van der Waals surface area contributed by atoms with Gasteiger partial charge in [-0.2, -0.15) is 0 Å². The third-order valence-corrected chi connectivity index (χ3v) is 6.34. The number of carbonyl (C=O) groups excluding carboxylic acids is 1. The molecule has 28 heavy (non-hydrogen) atoms. The number of carbonyl (C=O) groups is 1. The highest BCUT2D eigenvalue weighted by molar-refractivity contribution is 5.78. The molecule has 0 bridgehead atoms. The van der Waals surface area contributed by atoms with Gasteiger partial charge < -0.3 is 10.0 Å². The molecule has 3 aliphatic rings. The van der Waals surface area contributed by atoms with E-state index in [-0.39, 0.29) is 5.91 Å². The molecule has 2 fully saturated rings. The number of hydrogen-bond donors (Lipinski definition) is 1. The van der Waals surface area contributed by atoms with Crippen molar-refractivity contribution in [1.29, 1.82) is 0 Å². The van der Waals surface area contributed by atoms with E-state index in [4.69, 9.17) is 0 Å². The molecule has 5 heteroatoms. The zero-order valence-corrected chi connectivity index (χ0v) is 16.5. The minimum Gasteiger partial charge on any atom is -0.512 e. The largest absolute Gasteiger partial charge is 0.512 e. The summed E-state index contributed by atoms with van der Waals surface area (Å²) in [6.07, 6.45) is 7.81. The Labute approximate surface area is 167 Å². The Balaban J connectivity index is 1.20. The molecular weight excluding hydrogens is 350 g/mol. The molecule has 2 atom stereocenters. The van der Waals surface area contributed by atoms with Crippen LogP contribution in [0, 0.1) is 11.8 Å². The highest BCUT2D eigenvalue weighted by Crippen LogP contribution is 2.31. The third-order valence-electron chi connectivity index (χ3n) is 6.34. The SMILES string of the molecule is O=C(CN1CC[C@@H](C2C=CC=C(O)C2)C1)N1CCN(Cc2ccccc2)CC1. The first kappa shape index (κ1) is 19.2. The first-order chi connectivity index (χ1) is 13.7. The summed E-state index contributed by atoms with van der Waals surface area (Å²) in [5.41, 5.74) is 1.34. The van der Waals surface area contributed by atoms with E-state index in [1.807, 2.05) is 17.0 Å². The Morgan fingerprint density at radius 1 is 1.04 bits per heavy atom. The Morgan fingerprint density at radius 3 is 2.57 bits per heavy atom. The van der Waals surface area contributed by atoms with Crippen LogP contribution in [0.4, 0.5) is 0 Å². The topological polar surface area (TPSA) is 47.0 Å². The molecule has 2 heterocycles. The van der Waals surface area contributed by atoms with E-state index in [9.17, 15) is 9.90 Å². The van der Waals surface area contributed by atoms with Gasteiger partial charge in [-0.1, -0.05) is 42.5 Å². The molecule has 1 aliphatic carbocycles. The van der Waals surface area contributed by atoms with Gasteiger partial charge in [0, 0.05) is 45.7 Å². The zero-order chi connectivity index (χ0) is 19.3. The van der Waals surface area contributed by atoms with E-state index < -0.39 is 0 Å². The van der Waals surface area contributed by atoms with Crippen molar-refractivity contribution in [3.63, 3.8) is 0 Å². The molecule has 4 rings (SSSR count). The first-order valence-electron chi connectivity index (χ1n) is 10.5. The summed E-state index contributed by atoms with van der Waals surface area (Å²) in [6.45, 7) is 6.99. The summed E-state index contributed by atoms with van der Waals surface area (Å²) < 4.78 is 0. The van der Waals surface area contributed by atoms with Crippen LogP contribution < -0.4 is 0 Å². The van der Waals surface area contributed by atoms with E-state index in [1.54, 1.807) is 6.08 Å². The van der Waals surface area contributed by atoms with E-state index in [0.29, 0.717) is 24.1 Å². The number of rotatable bonds is 5. The van der Waals surface area contributed by atoms with Crippen molar-refractivity contribution in [2.24, 2.45) is 11.8 Å². The normalized spacial score (nSPS) is 26.4. The van der Waals surface area contributed by atoms with Crippen molar-refractivity contribution >= 4 is 5.91 Å². The highest BCUT2D eigenvalue weighted by atomic mass is 16.3. The summed E-state index contributed by atoms with van der Waals surface area (Å²) in [5.74, 6) is 1.70. The van der Waals surface area contributed by atoms with Crippen LogP contribution in [-0.4, -0.2) is 71.5 Å². The fourth-order valence-electron chi connectivity index (χ4n) is 4.65. The number of amides is 1. The van der Waals surface area contributed by atoms with Crippen molar-refractivity contribution in [2.45, 2.75) is 19.4 Å². The van der Waals surface area contributed by atoms with E-state index in [0.717, 1.165) is 58.7 Å². The molecule has 1 aromatic rings. The van der Waals surface area contributed by atoms with Gasteiger partial charge in [0.1, 0.15) is 0 Å². The summed E-state index contributed by atoms with van der Waals surface area (Å²) in [6, 6.07) is 10.5. The van der Waals surface area contributed by atoms with Gasteiger partial charge >= 0.3 is 0 Å². The average molecular weight is 382 g/mol. The van der Waals surface area contributed by atoms with Gasteiger partial charge in [-0.25, -0.2) is 0 Å². The van der Waals surface area contributed by atoms with Crippen LogP contribution in [0.15, 0.2) is 54.3 Å². The van der Waals surface area contributed by atoms with E-state index >= 15 is 0 Å². The van der Waals surface area contributed by atoms with Crippen LogP contribution in [0.25, 0.3) is 0 Å². The molecule has 2 saturated heterocycles. The standard InChI is InChI=1S/C23H31N3O2/c27-22-8-4-7-20(15-22)21-9-10-25(17-21)18-23(28)26-13-11-24(12-14-26)16-19-5-2-1-3-6-19/h1-8,20-21,27H,9-18H2/t20?,21-/m1/s1. The molecule has 1 aromatic carbocycles. The quantitative estimate of drug-likeness (QED) is 0.852. The fraction of sp³-hybridized carbons (Fsp3) is 0.522. The molecule has 1 unspecified atom stereocenters. The van der Waals surface area contributed by atoms with Crippen LogP contribution in [0.3, 0.4) is 0 Å². The first-order valence-corrected chi connectivity index (χ1v) is 10.5. The molecule has 5 nitrogen and oxygen atoms in total. The van der Waals surface area contributed by atoms with Gasteiger partial charge in [-0.3, -0.25) is 14.6 Å². The number of aliphatic hydroxyl groups excluding tert-OH is 1. The predicted molar refractivity (Wildman–Crippen MR) is 111 cm³/mol. The lowest BCUT2D eigenvalue weighted by molar-refractivity contribution is -0.134. The molecule has 0 spiro atoms. The molecular formula is C23H31N3O2. The number of allylic oxidation sites excluding steroid dienone is 4. The van der Waals surface area contributed by atoms with Crippen molar-refractivity contribution in [3.05, 3.63) is 59.9 Å². The second kappa shape index (κ2) is 8.93. The van der Waals surface area contributed by atoms with Gasteiger partial charge in [0.05, 0.1) is 12.3 Å². The number of piperazine rings is 1. The maximum atomic E-state index is 12.8. The Bertz CT molecular complexity index is 723. The lowest BCUT2D eigenvalue weighted by atomic mass is 9.86. The van der Waals surface area contributed by atoms with Crippen LogP contribution >= 0.6 is 0 Å². The summed E-state index contributed by atoms with van der Waals surface area (Å²) in [4.78, 5) is 19.5. The highest BCUT2D eigenvalue weighted by Gasteiger charge is 2.31. The van der Waals surface area contributed by atoms with Crippen LogP contribution in [0.5, 0.6) is 0 Å². The molecule has 1 amide bonds. The zero-order valence-electron chi connectivity index (χ0n) is 16.5. The summed E-state index contributed by atoms with van der Waals surface area (Å²) in [5, 5.41) is 9.77. The van der Waals surface area contributed by atoms with Gasteiger partial charge in [-0.05, 0) is 36.4 Å². The molecule has 1 N–H and O–H groups in total. The fourth-order valence-corrected chi connectivity index (χ4v) is 4.65. The van der Waals surface area contributed by atoms with Crippen LogP contribution in [-0.2, 0) is 11.3 Å². The van der Waals surface area contributed by atoms with Crippen molar-refractivity contribution < 1.29 is 9.90 Å². The average Bonchev–Trinajstić information content (AvgIpc) is 3.18. The smallest absolute Gasteiger partial charge is 0.236 e. The van der Waals surface area contributed by atoms with Crippen LogP contribution in [0.1, 0.15) is 18.4 Å². The number of likely N-dealkylation sites (tertiary alicyclic amines) is 1. The van der Waals surface area contributed by atoms with E-state index in [1.165, 1.54) is 5.56 Å². The molecule has 0 aromatic heterocycles. The number of nitrogens with zero attached hydrogens (tertiary/aromatic N) is 3. The van der Waals surface area contributed by atoms with Gasteiger partial charge in [0.2, 0.25) is 5.91 Å². The summed E-state index contributed by atoms with van der Waals surface area (Å²) in [7, 11) is 0. The summed E-state index contributed by atoms with van der Waals surface area (Å²) >= 11 is 0. The molecule has 150 valence electrons. The van der Waals surface area contributed by atoms with Crippen molar-refractivity contribution in [3.8, 4) is 0 Å². The Morgan fingerprint density at radius 2 is 1.82 bits per heavy atom. The minimum atomic E-state index is 0.266. The molecule has 0 saturated carbocycles. The van der Waals surface area contributed by atoms with Gasteiger partial charge in [-0.15, -0.1) is 0 Å². The lowest BCUT2D eigenvalue weighted by Crippen LogP contribution is -2.50. The van der Waals surface area contributed by atoms with Gasteiger partial charge in [0.25, 0.3) is 0 Å². The minimum absolute atomic E-state index is 0.266. The Kier molecular flexibility index (Phi) is 6.13. The molecule has 2 aliphatic heterocycles. The maximum absolute atomic E-state index is 12.8. The van der Waals surface area contributed by atoms with Crippen molar-refractivity contribution in [2.75, 3.05) is 45.8 Å². The molecule has 0 radical (unpaired) electrons. The third kappa shape index (κ3) is 4.83. The Hall–Kier alpha value is -2.11. The lowest BCUT2D eigenvalue weighted by Gasteiger charge is -2.35. The number of hydrogen-bond acceptors (Lipinski definition) is 4. The van der Waals surface area contributed by atoms with Crippen LogP contribution in [0.2, 0.25) is 0 Å². The maximum Gasteiger partial charge on any atom is 0.236 e. The predicted octanol–water partition coefficient (Wildman–Crippen LogP) is 2.67. The van der Waals surface area contributed by atoms with E-state index in [2.05, 4.69) is 40.1 Å².